The summed E-state index contributed by atoms with van der Waals surface area (Å²) < 4.78 is 31.8. The van der Waals surface area contributed by atoms with Gasteiger partial charge in [-0.15, -0.1) is 0 Å². The number of likely N-dealkylation sites (tertiary alicyclic amines) is 1. The van der Waals surface area contributed by atoms with Crippen molar-refractivity contribution in [1.82, 2.24) is 9.80 Å². The summed E-state index contributed by atoms with van der Waals surface area (Å²) in [6, 6.07) is 0. The van der Waals surface area contributed by atoms with Gasteiger partial charge in [0.15, 0.2) is 5.25 Å². The van der Waals surface area contributed by atoms with E-state index in [-0.39, 0.29) is 97.3 Å². The molecule has 0 aromatic heterocycles. The molecule has 4 amide bonds. The average Bonchev–Trinajstić information content (AvgIpc) is 3.08. The number of carboxylic acid groups (broad SMARTS) is 1. The summed E-state index contributed by atoms with van der Waals surface area (Å²) in [4.78, 5) is 61.5. The number of amides is 4. The van der Waals surface area contributed by atoms with E-state index in [4.69, 9.17) is 4.55 Å². The van der Waals surface area contributed by atoms with E-state index >= 15 is 0 Å². The van der Waals surface area contributed by atoms with Crippen molar-refractivity contribution in [2.24, 2.45) is 5.92 Å². The van der Waals surface area contributed by atoms with E-state index in [9.17, 15) is 37.5 Å². The summed E-state index contributed by atoms with van der Waals surface area (Å²) in [6.07, 6.45) is 1.60. The molecule has 0 aromatic rings. The molecule has 2 heterocycles. The molecule has 30 heavy (non-hydrogen) atoms. The van der Waals surface area contributed by atoms with Crippen LogP contribution in [-0.2, 0) is 34.1 Å². The van der Waals surface area contributed by atoms with Crippen molar-refractivity contribution in [3.05, 3.63) is 12.2 Å². The van der Waals surface area contributed by atoms with Gasteiger partial charge in [-0.3, -0.25) is 33.5 Å². The van der Waals surface area contributed by atoms with E-state index in [2.05, 4.69) is 0 Å². The van der Waals surface area contributed by atoms with Crippen LogP contribution in [0.3, 0.4) is 0 Å². The number of carbonyl (C=O) groups excluding carboxylic acids is 4. The molecule has 1 saturated carbocycles. The molecule has 2 aliphatic heterocycles. The first-order valence-electron chi connectivity index (χ1n) is 8.57. The number of carbonyl (C=O) groups is 5. The molecule has 1 atom stereocenters. The van der Waals surface area contributed by atoms with Crippen LogP contribution in [-0.4, -0.2) is 134 Å². The zero-order valence-corrected chi connectivity index (χ0v) is 15.4. The third-order valence-corrected chi connectivity index (χ3v) is 6.65. The Morgan fingerprint density at radius 2 is 1.57 bits per heavy atom. The summed E-state index contributed by atoms with van der Waals surface area (Å²) in [5.41, 5.74) is -1.92. The predicted octanol–water partition coefficient (Wildman–Crippen LogP) is -2.36. The van der Waals surface area contributed by atoms with Gasteiger partial charge >= 0.3 is 65.1 Å². The van der Waals surface area contributed by atoms with Crippen LogP contribution in [0, 0.1) is 5.92 Å². The van der Waals surface area contributed by atoms with Crippen molar-refractivity contribution in [2.45, 2.75) is 42.9 Å². The van der Waals surface area contributed by atoms with Gasteiger partial charge in [0.1, 0.15) is 5.54 Å². The first kappa shape index (κ1) is 27.4. The number of aliphatic carboxylic acids is 1. The topological polar surface area (TPSA) is 166 Å². The Morgan fingerprint density at radius 1 is 1.07 bits per heavy atom. The molecule has 3 rings (SSSR count). The molecule has 0 radical (unpaired) electrons. The Balaban J connectivity index is 0.00000225. The van der Waals surface area contributed by atoms with Crippen molar-refractivity contribution in [3.63, 3.8) is 0 Å². The first-order chi connectivity index (χ1) is 13.0. The number of carboxylic acids is 1. The maximum absolute atomic E-state index is 12.4. The Morgan fingerprint density at radius 3 is 1.97 bits per heavy atom. The Hall–Kier alpha value is -0.600. The van der Waals surface area contributed by atoms with Crippen molar-refractivity contribution in [3.8, 4) is 0 Å². The molecule has 2 N–H and O–H groups in total. The van der Waals surface area contributed by atoms with Gasteiger partial charge in [0.2, 0.25) is 5.91 Å². The van der Waals surface area contributed by atoms with Crippen LogP contribution in [0.4, 0.5) is 0 Å². The molecule has 156 valence electrons. The summed E-state index contributed by atoms with van der Waals surface area (Å²) in [5.74, 6) is -4.80. The minimum atomic E-state index is -4.84. The minimum absolute atomic E-state index is 0. The molecule has 3 aliphatic rings. The number of hydrogen-bond donors (Lipinski definition) is 2. The third-order valence-electron chi connectivity index (χ3n) is 5.56. The second kappa shape index (κ2) is 9.90. The van der Waals surface area contributed by atoms with E-state index in [0.717, 1.165) is 17.1 Å². The molecule has 11 nitrogen and oxygen atoms in total. The first-order valence-corrected chi connectivity index (χ1v) is 10.1. The second-order valence-corrected chi connectivity index (χ2v) is 8.77. The molecule has 14 heteroatoms. The molecule has 1 unspecified atom stereocenters. The van der Waals surface area contributed by atoms with Crippen LogP contribution in [0.2, 0.25) is 0 Å². The van der Waals surface area contributed by atoms with Crippen LogP contribution in [0.25, 0.3) is 0 Å². The van der Waals surface area contributed by atoms with Gasteiger partial charge in [0.05, 0.1) is 6.42 Å². The number of hydrogen-bond acceptors (Lipinski definition) is 7. The second-order valence-electron chi connectivity index (χ2n) is 7.18. The fourth-order valence-electron chi connectivity index (χ4n) is 4.03. The number of imide groups is 2. The van der Waals surface area contributed by atoms with Gasteiger partial charge in [0, 0.05) is 18.7 Å². The quantitative estimate of drug-likeness (QED) is 0.258. The van der Waals surface area contributed by atoms with Crippen LogP contribution < -0.4 is 0 Å². The molecule has 1 aliphatic carbocycles. The number of nitrogens with zero attached hydrogens (tertiary/aromatic N) is 2. The van der Waals surface area contributed by atoms with Gasteiger partial charge in [-0.25, -0.2) is 4.79 Å². The molecule has 0 aromatic carbocycles. The van der Waals surface area contributed by atoms with Gasteiger partial charge in [0.25, 0.3) is 27.8 Å². The van der Waals surface area contributed by atoms with E-state index in [1.807, 2.05) is 0 Å². The molecule has 0 spiro atoms. The molecular formula is C16H20N2Na2O9S. The molecular weight excluding hydrogens is 442 g/mol. The van der Waals surface area contributed by atoms with Gasteiger partial charge in [-0.2, -0.15) is 8.42 Å². The average molecular weight is 462 g/mol. The van der Waals surface area contributed by atoms with Gasteiger partial charge in [-0.1, -0.05) is 0 Å². The summed E-state index contributed by atoms with van der Waals surface area (Å²) in [6.45, 7) is 0.0932. The normalized spacial score (nSPS) is 29.1. The van der Waals surface area contributed by atoms with Crippen molar-refractivity contribution >= 4 is 98.8 Å². The summed E-state index contributed by atoms with van der Waals surface area (Å²) >= 11 is 0. The standard InChI is InChI=1S/C16H18N2O9S.2Na.2H/c19-11-1-2-12(20)17(11)8-9-3-5-16(6-4-9,15(23)24)18-13(21)7-10(14(18)22)28(25,26)27;;;;/h1-2,9-10H,3-8H2,(H,23,24)(H,25,26,27);;;;. The predicted molar refractivity (Wildman–Crippen MR) is 104 cm³/mol. The van der Waals surface area contributed by atoms with Crippen LogP contribution in [0.1, 0.15) is 32.1 Å². The molecule has 2 fully saturated rings. The van der Waals surface area contributed by atoms with E-state index < -0.39 is 56.9 Å². The fourth-order valence-corrected chi connectivity index (χ4v) is 4.74. The van der Waals surface area contributed by atoms with E-state index in [0.29, 0.717) is 4.90 Å². The number of rotatable bonds is 5. The Bertz CT molecular complexity index is 892. The van der Waals surface area contributed by atoms with Gasteiger partial charge in [-0.05, 0) is 31.6 Å². The van der Waals surface area contributed by atoms with E-state index in [1.54, 1.807) is 0 Å². The van der Waals surface area contributed by atoms with Crippen LogP contribution >= 0.6 is 0 Å². The monoisotopic (exact) mass is 462 g/mol. The third kappa shape index (κ3) is 4.90. The zero-order chi connectivity index (χ0) is 20.9. The molecule has 1 saturated heterocycles. The summed E-state index contributed by atoms with van der Waals surface area (Å²) in [7, 11) is -4.84. The van der Waals surface area contributed by atoms with E-state index in [1.165, 1.54) is 0 Å². The van der Waals surface area contributed by atoms with Crippen molar-refractivity contribution in [2.75, 3.05) is 6.54 Å². The van der Waals surface area contributed by atoms with Crippen molar-refractivity contribution in [1.29, 1.82) is 0 Å². The fraction of sp³-hybridized carbons (Fsp3) is 0.562. The summed E-state index contributed by atoms with van der Waals surface area (Å²) in [5, 5.41) is 7.74. The SMILES string of the molecule is O=C1C=CC(=O)N1CC1CCC(C(=O)O)(N2C(=O)CC(S(=O)(=O)O)C2=O)CC1.[NaH].[NaH]. The van der Waals surface area contributed by atoms with Gasteiger partial charge < -0.3 is 5.11 Å². The van der Waals surface area contributed by atoms with Crippen molar-refractivity contribution < 1.29 is 42.0 Å². The van der Waals surface area contributed by atoms with Crippen LogP contribution in [0.15, 0.2) is 12.2 Å². The molecule has 0 bridgehead atoms. The van der Waals surface area contributed by atoms with Crippen LogP contribution in [0.5, 0.6) is 0 Å². The zero-order valence-electron chi connectivity index (χ0n) is 14.6. The Kier molecular flexibility index (Phi) is 9.06. The Labute approximate surface area is 216 Å². The maximum atomic E-state index is 12.4.